The van der Waals surface area contributed by atoms with Crippen LogP contribution in [0.5, 0.6) is 0 Å². The van der Waals surface area contributed by atoms with Crippen molar-refractivity contribution < 1.29 is 9.18 Å². The molecule has 0 heterocycles. The maximum absolute atomic E-state index is 13.1. The quantitative estimate of drug-likeness (QED) is 0.708. The van der Waals surface area contributed by atoms with Gasteiger partial charge in [0.15, 0.2) is 0 Å². The van der Waals surface area contributed by atoms with Gasteiger partial charge in [-0.2, -0.15) is 0 Å². The Balaban J connectivity index is 3.04. The van der Waals surface area contributed by atoms with E-state index in [-0.39, 0.29) is 12.1 Å². The number of nitrogens with two attached hydrogens (primary N) is 2. The van der Waals surface area contributed by atoms with Crippen molar-refractivity contribution in [3.05, 3.63) is 35.6 Å². The maximum Gasteiger partial charge on any atom is 0.226 e. The minimum absolute atomic E-state index is 0.0241. The lowest BCUT2D eigenvalue weighted by atomic mass is 9.98. The molecular weight excluding hydrogens is 171 g/mol. The molecule has 70 valence electrons. The molecule has 4 N–H and O–H groups in total. The molecule has 13 heavy (non-hydrogen) atoms. The van der Waals surface area contributed by atoms with E-state index in [9.17, 15) is 9.18 Å². The number of hydrogen-bond donors (Lipinski definition) is 2. The molecule has 1 rings (SSSR count). The summed E-state index contributed by atoms with van der Waals surface area (Å²) in [6, 6.07) is 5.98. The fourth-order valence-electron chi connectivity index (χ4n) is 1.15. The monoisotopic (exact) mass is 182 g/mol. The largest absolute Gasteiger partial charge is 0.369 e. The van der Waals surface area contributed by atoms with Crippen LogP contribution in [0.15, 0.2) is 24.3 Å². The average molecular weight is 182 g/mol. The van der Waals surface area contributed by atoms with Crippen LogP contribution in [0, 0.1) is 5.82 Å². The summed E-state index contributed by atoms with van der Waals surface area (Å²) in [4.78, 5) is 10.9. The molecule has 1 amide bonds. The van der Waals surface area contributed by atoms with Crippen molar-refractivity contribution in [1.82, 2.24) is 0 Å². The summed E-state index contributed by atoms with van der Waals surface area (Å²) in [5.74, 6) is -1.79. The van der Waals surface area contributed by atoms with E-state index in [1.807, 2.05) is 0 Å². The summed E-state index contributed by atoms with van der Waals surface area (Å²) in [5, 5.41) is 0. The lowest BCUT2D eigenvalue weighted by Gasteiger charge is -2.11. The standard InChI is InChI=1S/C9H11FN2O/c10-8-4-2-1-3-6(8)7(5-11)9(12)13/h1-4,7H,5,11H2,(H2,12,13). The molecule has 0 bridgehead atoms. The minimum Gasteiger partial charge on any atom is -0.369 e. The Labute approximate surface area is 75.5 Å². The molecule has 0 spiro atoms. The van der Waals surface area contributed by atoms with Gasteiger partial charge in [0.05, 0.1) is 5.92 Å². The van der Waals surface area contributed by atoms with Crippen LogP contribution in [0.25, 0.3) is 0 Å². The summed E-state index contributed by atoms with van der Waals surface area (Å²) < 4.78 is 13.1. The molecule has 0 saturated heterocycles. The van der Waals surface area contributed by atoms with Gasteiger partial charge in [-0.05, 0) is 6.07 Å². The number of carbonyl (C=O) groups is 1. The molecule has 0 saturated carbocycles. The van der Waals surface area contributed by atoms with Crippen molar-refractivity contribution in [2.75, 3.05) is 6.54 Å². The van der Waals surface area contributed by atoms with Gasteiger partial charge in [-0.1, -0.05) is 18.2 Å². The van der Waals surface area contributed by atoms with Crippen molar-refractivity contribution in [2.24, 2.45) is 11.5 Å². The van der Waals surface area contributed by atoms with Crippen LogP contribution in [-0.2, 0) is 4.79 Å². The predicted octanol–water partition coefficient (Wildman–Crippen LogP) is 0.353. The fourth-order valence-corrected chi connectivity index (χ4v) is 1.15. The molecule has 1 aromatic carbocycles. The Hall–Kier alpha value is -1.42. The zero-order chi connectivity index (χ0) is 9.84. The minimum atomic E-state index is -0.735. The molecular formula is C9H11FN2O. The van der Waals surface area contributed by atoms with E-state index in [0.29, 0.717) is 0 Å². The van der Waals surface area contributed by atoms with Gasteiger partial charge in [-0.3, -0.25) is 4.79 Å². The van der Waals surface area contributed by atoms with Gasteiger partial charge in [0.2, 0.25) is 5.91 Å². The molecule has 1 unspecified atom stereocenters. The molecule has 3 nitrogen and oxygen atoms in total. The molecule has 0 aromatic heterocycles. The third-order valence-electron chi connectivity index (χ3n) is 1.86. The molecule has 0 fully saturated rings. The molecule has 1 aromatic rings. The second kappa shape index (κ2) is 4.00. The molecule has 0 radical (unpaired) electrons. The number of amides is 1. The normalized spacial score (nSPS) is 12.5. The highest BCUT2D eigenvalue weighted by atomic mass is 19.1. The third-order valence-corrected chi connectivity index (χ3v) is 1.86. The lowest BCUT2D eigenvalue weighted by Crippen LogP contribution is -2.28. The first-order valence-corrected chi connectivity index (χ1v) is 3.90. The van der Waals surface area contributed by atoms with Crippen molar-refractivity contribution in [3.63, 3.8) is 0 Å². The molecule has 0 aliphatic rings. The molecule has 0 aliphatic carbocycles. The van der Waals surface area contributed by atoms with E-state index in [1.165, 1.54) is 12.1 Å². The van der Waals surface area contributed by atoms with Crippen molar-refractivity contribution in [2.45, 2.75) is 5.92 Å². The zero-order valence-electron chi connectivity index (χ0n) is 7.03. The van der Waals surface area contributed by atoms with Crippen LogP contribution < -0.4 is 11.5 Å². The van der Waals surface area contributed by atoms with Crippen molar-refractivity contribution >= 4 is 5.91 Å². The van der Waals surface area contributed by atoms with E-state index in [4.69, 9.17) is 11.5 Å². The van der Waals surface area contributed by atoms with E-state index < -0.39 is 17.6 Å². The zero-order valence-corrected chi connectivity index (χ0v) is 7.03. The van der Waals surface area contributed by atoms with Gasteiger partial charge in [0, 0.05) is 12.1 Å². The van der Waals surface area contributed by atoms with Crippen LogP contribution in [-0.4, -0.2) is 12.5 Å². The van der Waals surface area contributed by atoms with E-state index in [1.54, 1.807) is 12.1 Å². The number of carbonyl (C=O) groups excluding carboxylic acids is 1. The molecule has 1 atom stereocenters. The van der Waals surface area contributed by atoms with Crippen LogP contribution in [0.1, 0.15) is 11.5 Å². The van der Waals surface area contributed by atoms with Crippen LogP contribution in [0.4, 0.5) is 4.39 Å². The Morgan fingerprint density at radius 3 is 2.54 bits per heavy atom. The number of halogens is 1. The third kappa shape index (κ3) is 2.03. The second-order valence-electron chi connectivity index (χ2n) is 2.71. The summed E-state index contributed by atoms with van der Waals surface area (Å²) in [5.41, 5.74) is 10.6. The van der Waals surface area contributed by atoms with Gasteiger partial charge in [0.1, 0.15) is 5.82 Å². The predicted molar refractivity (Wildman–Crippen MR) is 47.4 cm³/mol. The number of primary amides is 1. The SMILES string of the molecule is NCC(C(N)=O)c1ccccc1F. The maximum atomic E-state index is 13.1. The highest BCUT2D eigenvalue weighted by Gasteiger charge is 2.18. The van der Waals surface area contributed by atoms with E-state index in [2.05, 4.69) is 0 Å². The van der Waals surface area contributed by atoms with Gasteiger partial charge in [-0.15, -0.1) is 0 Å². The summed E-state index contributed by atoms with van der Waals surface area (Å²) in [6.45, 7) is 0.0241. The fraction of sp³-hybridized carbons (Fsp3) is 0.222. The first kappa shape index (κ1) is 9.67. The number of rotatable bonds is 3. The van der Waals surface area contributed by atoms with Crippen LogP contribution in [0.3, 0.4) is 0 Å². The first-order chi connectivity index (χ1) is 6.16. The molecule has 0 aliphatic heterocycles. The van der Waals surface area contributed by atoms with Gasteiger partial charge in [-0.25, -0.2) is 4.39 Å². The Morgan fingerprint density at radius 2 is 2.08 bits per heavy atom. The van der Waals surface area contributed by atoms with Gasteiger partial charge in [0.25, 0.3) is 0 Å². The summed E-state index contributed by atoms with van der Waals surface area (Å²) in [6.07, 6.45) is 0. The average Bonchev–Trinajstić information content (AvgIpc) is 2.09. The van der Waals surface area contributed by atoms with E-state index >= 15 is 0 Å². The second-order valence-corrected chi connectivity index (χ2v) is 2.71. The van der Waals surface area contributed by atoms with Crippen molar-refractivity contribution in [1.29, 1.82) is 0 Å². The van der Waals surface area contributed by atoms with Gasteiger partial charge < -0.3 is 11.5 Å². The van der Waals surface area contributed by atoms with Crippen LogP contribution >= 0.6 is 0 Å². The van der Waals surface area contributed by atoms with Crippen LogP contribution in [0.2, 0.25) is 0 Å². The number of hydrogen-bond acceptors (Lipinski definition) is 2. The first-order valence-electron chi connectivity index (χ1n) is 3.90. The summed E-state index contributed by atoms with van der Waals surface area (Å²) >= 11 is 0. The lowest BCUT2D eigenvalue weighted by molar-refractivity contribution is -0.119. The topological polar surface area (TPSA) is 69.1 Å². The smallest absolute Gasteiger partial charge is 0.226 e. The number of benzene rings is 1. The van der Waals surface area contributed by atoms with Crippen molar-refractivity contribution in [3.8, 4) is 0 Å². The molecule has 4 heteroatoms. The van der Waals surface area contributed by atoms with Gasteiger partial charge >= 0.3 is 0 Å². The Kier molecular flexibility index (Phi) is 2.97. The summed E-state index contributed by atoms with van der Waals surface area (Å²) in [7, 11) is 0. The highest BCUT2D eigenvalue weighted by molar-refractivity contribution is 5.82. The Morgan fingerprint density at radius 1 is 1.46 bits per heavy atom. The Bertz CT molecular complexity index is 314. The van der Waals surface area contributed by atoms with E-state index in [0.717, 1.165) is 0 Å². The highest BCUT2D eigenvalue weighted by Crippen LogP contribution is 2.17.